The first-order valence-corrected chi connectivity index (χ1v) is 7.76. The zero-order valence-corrected chi connectivity index (χ0v) is 14.8. The van der Waals surface area contributed by atoms with Gasteiger partial charge in [0.05, 0.1) is 18.7 Å². The van der Waals surface area contributed by atoms with Crippen LogP contribution in [0.25, 0.3) is 0 Å². The van der Waals surface area contributed by atoms with Gasteiger partial charge in [-0.15, -0.1) is 0 Å². The van der Waals surface area contributed by atoms with Crippen LogP contribution in [0.5, 0.6) is 17.2 Å². The topological polar surface area (TPSA) is 73.9 Å². The van der Waals surface area contributed by atoms with E-state index in [2.05, 4.69) is 21.2 Å². The largest absolute Gasteiger partial charge is 0.497 e. The van der Waals surface area contributed by atoms with Crippen molar-refractivity contribution in [1.82, 2.24) is 0 Å². The van der Waals surface area contributed by atoms with Gasteiger partial charge < -0.3 is 19.5 Å². The van der Waals surface area contributed by atoms with Gasteiger partial charge in [-0.1, -0.05) is 0 Å². The molecule has 0 unspecified atom stereocenters. The van der Waals surface area contributed by atoms with Crippen LogP contribution in [0.1, 0.15) is 10.4 Å². The highest BCUT2D eigenvalue weighted by molar-refractivity contribution is 9.10. The molecule has 1 N–H and O–H groups in total. The van der Waals surface area contributed by atoms with Crippen LogP contribution in [-0.2, 0) is 4.79 Å². The summed E-state index contributed by atoms with van der Waals surface area (Å²) in [5.41, 5.74) is 1.03. The summed E-state index contributed by atoms with van der Waals surface area (Å²) in [5, 5.41) is 2.70. The molecule has 6 nitrogen and oxygen atoms in total. The zero-order valence-electron chi connectivity index (χ0n) is 13.2. The molecule has 0 aliphatic rings. The van der Waals surface area contributed by atoms with E-state index in [1.807, 2.05) is 0 Å². The summed E-state index contributed by atoms with van der Waals surface area (Å²) in [7, 11) is 3.05. The lowest BCUT2D eigenvalue weighted by Crippen LogP contribution is -2.20. The first-order valence-electron chi connectivity index (χ1n) is 6.97. The first kappa shape index (κ1) is 17.8. The summed E-state index contributed by atoms with van der Waals surface area (Å²) in [6.07, 6.45) is 0.688. The number of rotatable bonds is 7. The van der Waals surface area contributed by atoms with E-state index in [9.17, 15) is 9.59 Å². The van der Waals surface area contributed by atoms with Crippen LogP contribution in [0.4, 0.5) is 5.69 Å². The lowest BCUT2D eigenvalue weighted by atomic mass is 10.2. The molecule has 2 aromatic rings. The first-order chi connectivity index (χ1) is 11.6. The van der Waals surface area contributed by atoms with Crippen molar-refractivity contribution in [2.24, 2.45) is 0 Å². The summed E-state index contributed by atoms with van der Waals surface area (Å²) in [4.78, 5) is 23.0. The van der Waals surface area contributed by atoms with Gasteiger partial charge in [0.2, 0.25) is 0 Å². The van der Waals surface area contributed by atoms with Gasteiger partial charge in [0.25, 0.3) is 5.91 Å². The van der Waals surface area contributed by atoms with Crippen molar-refractivity contribution >= 4 is 33.8 Å². The summed E-state index contributed by atoms with van der Waals surface area (Å²) in [5.74, 6) is 1.07. The number of hydrogen-bond acceptors (Lipinski definition) is 5. The molecule has 0 saturated heterocycles. The van der Waals surface area contributed by atoms with Gasteiger partial charge in [0.15, 0.2) is 24.4 Å². The second-order valence-corrected chi connectivity index (χ2v) is 5.48. The Hall–Kier alpha value is -2.54. The highest BCUT2D eigenvalue weighted by Crippen LogP contribution is 2.37. The molecule has 0 aliphatic carbocycles. The number of aldehydes is 1. The molecule has 24 heavy (non-hydrogen) atoms. The van der Waals surface area contributed by atoms with Gasteiger partial charge in [-0.2, -0.15) is 0 Å². The third kappa shape index (κ3) is 4.26. The monoisotopic (exact) mass is 393 g/mol. The SMILES string of the molecule is COc1ccc(NC(=O)COc2c(OC)ccc(C=O)c2Br)cc1. The molecule has 2 rings (SSSR count). The second kappa shape index (κ2) is 8.35. The Labute approximate surface area is 147 Å². The number of carbonyl (C=O) groups is 2. The molecule has 0 saturated carbocycles. The normalized spacial score (nSPS) is 9.96. The quantitative estimate of drug-likeness (QED) is 0.730. The van der Waals surface area contributed by atoms with Gasteiger partial charge >= 0.3 is 0 Å². The molecule has 7 heteroatoms. The molecule has 0 radical (unpaired) electrons. The van der Waals surface area contributed by atoms with Crippen molar-refractivity contribution in [1.29, 1.82) is 0 Å². The Bertz CT molecular complexity index is 731. The average Bonchev–Trinajstić information content (AvgIpc) is 2.61. The van der Waals surface area contributed by atoms with E-state index >= 15 is 0 Å². The van der Waals surface area contributed by atoms with E-state index in [1.54, 1.807) is 43.5 Å². The Morgan fingerprint density at radius 3 is 2.42 bits per heavy atom. The Kier molecular flexibility index (Phi) is 6.20. The smallest absolute Gasteiger partial charge is 0.262 e. The average molecular weight is 394 g/mol. The summed E-state index contributed by atoms with van der Waals surface area (Å²) >= 11 is 3.28. The van der Waals surface area contributed by atoms with Crippen LogP contribution in [0.3, 0.4) is 0 Å². The van der Waals surface area contributed by atoms with Crippen molar-refractivity contribution in [3.05, 3.63) is 46.4 Å². The number of carbonyl (C=O) groups excluding carboxylic acids is 2. The molecular weight excluding hydrogens is 378 g/mol. The van der Waals surface area contributed by atoms with Crippen molar-refractivity contribution in [3.63, 3.8) is 0 Å². The van der Waals surface area contributed by atoms with Gasteiger partial charge in [-0.3, -0.25) is 9.59 Å². The zero-order chi connectivity index (χ0) is 17.5. The minimum atomic E-state index is -0.342. The summed E-state index contributed by atoms with van der Waals surface area (Å²) in [6.45, 7) is -0.233. The van der Waals surface area contributed by atoms with E-state index in [0.29, 0.717) is 39.3 Å². The number of methoxy groups -OCH3 is 2. The lowest BCUT2D eigenvalue weighted by Gasteiger charge is -2.13. The van der Waals surface area contributed by atoms with E-state index in [0.717, 1.165) is 0 Å². The molecule has 0 heterocycles. The molecule has 0 spiro atoms. The molecule has 2 aromatic carbocycles. The van der Waals surface area contributed by atoms with Gasteiger partial charge in [-0.25, -0.2) is 0 Å². The van der Waals surface area contributed by atoms with Crippen molar-refractivity contribution in [3.8, 4) is 17.2 Å². The number of hydrogen-bond donors (Lipinski definition) is 1. The second-order valence-electron chi connectivity index (χ2n) is 4.68. The maximum absolute atomic E-state index is 12.0. The van der Waals surface area contributed by atoms with Crippen molar-refractivity contribution < 1.29 is 23.8 Å². The van der Waals surface area contributed by atoms with Gasteiger partial charge in [0, 0.05) is 11.3 Å². The maximum atomic E-state index is 12.0. The van der Waals surface area contributed by atoms with Crippen LogP contribution in [0.15, 0.2) is 40.9 Å². The molecular formula is C17H16BrNO5. The molecule has 0 aliphatic heterocycles. The standard InChI is InChI=1S/C17H16BrNO5/c1-22-13-6-4-12(5-7-13)19-15(21)10-24-17-14(23-2)8-3-11(9-20)16(17)18/h3-9H,10H2,1-2H3,(H,19,21). The number of nitrogens with one attached hydrogen (secondary N) is 1. The summed E-state index contributed by atoms with van der Waals surface area (Å²) < 4.78 is 16.2. The maximum Gasteiger partial charge on any atom is 0.262 e. The molecule has 0 fully saturated rings. The van der Waals surface area contributed by atoms with Crippen molar-refractivity contribution in [2.75, 3.05) is 26.1 Å². The van der Waals surface area contributed by atoms with E-state index < -0.39 is 0 Å². The molecule has 1 amide bonds. The van der Waals surface area contributed by atoms with Crippen LogP contribution >= 0.6 is 15.9 Å². The number of anilines is 1. The van der Waals surface area contributed by atoms with Gasteiger partial charge in [0.1, 0.15) is 5.75 Å². The fourth-order valence-corrected chi connectivity index (χ4v) is 2.48. The predicted octanol–water partition coefficient (Wildman–Crippen LogP) is 3.30. The highest BCUT2D eigenvalue weighted by atomic mass is 79.9. The van der Waals surface area contributed by atoms with Crippen molar-refractivity contribution in [2.45, 2.75) is 0 Å². The summed E-state index contributed by atoms with van der Waals surface area (Å²) in [6, 6.07) is 10.1. The Balaban J connectivity index is 2.04. The van der Waals surface area contributed by atoms with E-state index in [4.69, 9.17) is 14.2 Å². The molecule has 0 aromatic heterocycles. The van der Waals surface area contributed by atoms with E-state index in [1.165, 1.54) is 7.11 Å². The van der Waals surface area contributed by atoms with Gasteiger partial charge in [-0.05, 0) is 52.3 Å². The van der Waals surface area contributed by atoms with E-state index in [-0.39, 0.29) is 12.5 Å². The fraction of sp³-hybridized carbons (Fsp3) is 0.176. The van der Waals surface area contributed by atoms with Crippen LogP contribution < -0.4 is 19.5 Å². The lowest BCUT2D eigenvalue weighted by molar-refractivity contribution is -0.118. The number of benzene rings is 2. The Morgan fingerprint density at radius 1 is 1.12 bits per heavy atom. The third-order valence-corrected chi connectivity index (χ3v) is 3.98. The van der Waals surface area contributed by atoms with Crippen LogP contribution in [-0.4, -0.2) is 33.0 Å². The number of halogens is 1. The Morgan fingerprint density at radius 2 is 1.83 bits per heavy atom. The number of amides is 1. The highest BCUT2D eigenvalue weighted by Gasteiger charge is 2.15. The van der Waals surface area contributed by atoms with Crippen LogP contribution in [0.2, 0.25) is 0 Å². The number of ether oxygens (including phenoxy) is 3. The third-order valence-electron chi connectivity index (χ3n) is 3.16. The minimum Gasteiger partial charge on any atom is -0.497 e. The fourth-order valence-electron chi connectivity index (χ4n) is 1.95. The predicted molar refractivity (Wildman–Crippen MR) is 93.2 cm³/mol. The molecule has 0 bridgehead atoms. The molecule has 0 atom stereocenters. The minimum absolute atomic E-state index is 0.233. The molecule has 126 valence electrons. The van der Waals surface area contributed by atoms with Crippen LogP contribution in [0, 0.1) is 0 Å².